The first kappa shape index (κ1) is 18.2. The zero-order valence-corrected chi connectivity index (χ0v) is 16.1. The van der Waals surface area contributed by atoms with Crippen LogP contribution >= 0.6 is 11.6 Å². The molecule has 1 unspecified atom stereocenters. The molecule has 0 aliphatic carbocycles. The highest BCUT2D eigenvalue weighted by atomic mass is 35.5. The van der Waals surface area contributed by atoms with Crippen LogP contribution in [-0.4, -0.2) is 10.9 Å². The Hall–Kier alpha value is -3.17. The molecule has 0 aliphatic rings. The largest absolute Gasteiger partial charge is 0.345 e. The molecule has 1 N–H and O–H groups in total. The number of amides is 1. The molecule has 1 atom stereocenters. The van der Waals surface area contributed by atoms with Crippen molar-refractivity contribution in [2.75, 3.05) is 0 Å². The molecule has 138 valence electrons. The molecule has 0 fully saturated rings. The van der Waals surface area contributed by atoms with E-state index >= 15 is 0 Å². The molecule has 0 radical (unpaired) electrons. The first-order chi connectivity index (χ1) is 13.6. The third-order valence-electron chi connectivity index (χ3n) is 4.75. The van der Waals surface area contributed by atoms with E-state index in [-0.39, 0.29) is 11.9 Å². The Morgan fingerprint density at radius 2 is 1.61 bits per heavy atom. The molecule has 4 rings (SSSR count). The summed E-state index contributed by atoms with van der Waals surface area (Å²) in [7, 11) is 0. The predicted octanol–water partition coefficient (Wildman–Crippen LogP) is 6.05. The van der Waals surface area contributed by atoms with E-state index in [9.17, 15) is 4.79 Å². The van der Waals surface area contributed by atoms with Crippen LogP contribution in [0.15, 0.2) is 84.9 Å². The molecular weight excluding hydrogens is 368 g/mol. The summed E-state index contributed by atoms with van der Waals surface area (Å²) in [6.45, 7) is 1.98. The number of rotatable bonds is 4. The maximum atomic E-state index is 13.1. The Morgan fingerprint density at radius 1 is 0.929 bits per heavy atom. The SMILES string of the molecule is CC(NC(=O)c1cc(-c2ccc(Cl)cc2)nc2ccccc12)c1ccccc1. The lowest BCUT2D eigenvalue weighted by atomic mass is 10.0. The highest BCUT2D eigenvalue weighted by Crippen LogP contribution is 2.26. The van der Waals surface area contributed by atoms with Crippen LogP contribution in [0.2, 0.25) is 5.02 Å². The Bertz CT molecular complexity index is 1120. The predicted molar refractivity (Wildman–Crippen MR) is 115 cm³/mol. The van der Waals surface area contributed by atoms with E-state index in [2.05, 4.69) is 5.32 Å². The van der Waals surface area contributed by atoms with E-state index in [4.69, 9.17) is 16.6 Å². The van der Waals surface area contributed by atoms with Gasteiger partial charge in [-0.25, -0.2) is 4.98 Å². The number of para-hydroxylation sites is 1. The zero-order valence-electron chi connectivity index (χ0n) is 15.4. The highest BCUT2D eigenvalue weighted by molar-refractivity contribution is 6.30. The Morgan fingerprint density at radius 3 is 2.36 bits per heavy atom. The van der Waals surface area contributed by atoms with Gasteiger partial charge in [0, 0.05) is 16.0 Å². The Labute approximate surface area is 169 Å². The van der Waals surface area contributed by atoms with Gasteiger partial charge < -0.3 is 5.32 Å². The molecule has 0 saturated heterocycles. The fraction of sp³-hybridized carbons (Fsp3) is 0.0833. The molecule has 1 amide bonds. The molecule has 0 aliphatic heterocycles. The monoisotopic (exact) mass is 386 g/mol. The Balaban J connectivity index is 1.74. The molecule has 4 heteroatoms. The van der Waals surface area contributed by atoms with Crippen LogP contribution in [0.4, 0.5) is 0 Å². The van der Waals surface area contributed by atoms with Crippen LogP contribution in [-0.2, 0) is 0 Å². The minimum absolute atomic E-state index is 0.0976. The van der Waals surface area contributed by atoms with Gasteiger partial charge in [0.05, 0.1) is 22.8 Å². The number of nitrogens with zero attached hydrogens (tertiary/aromatic N) is 1. The number of halogens is 1. The van der Waals surface area contributed by atoms with Crippen molar-refractivity contribution in [2.45, 2.75) is 13.0 Å². The van der Waals surface area contributed by atoms with Gasteiger partial charge in [-0.2, -0.15) is 0 Å². The number of hydrogen-bond acceptors (Lipinski definition) is 2. The number of aromatic nitrogens is 1. The van der Waals surface area contributed by atoms with E-state index < -0.39 is 0 Å². The first-order valence-electron chi connectivity index (χ1n) is 9.13. The van der Waals surface area contributed by atoms with Gasteiger partial charge in [-0.3, -0.25) is 4.79 Å². The maximum absolute atomic E-state index is 13.1. The molecule has 0 saturated carbocycles. The molecule has 1 heterocycles. The van der Waals surface area contributed by atoms with Gasteiger partial charge in [0.1, 0.15) is 0 Å². The number of nitrogens with one attached hydrogen (secondary N) is 1. The minimum Gasteiger partial charge on any atom is -0.345 e. The second kappa shape index (κ2) is 7.83. The fourth-order valence-corrected chi connectivity index (χ4v) is 3.36. The molecule has 0 bridgehead atoms. The summed E-state index contributed by atoms with van der Waals surface area (Å²) in [5, 5.41) is 4.60. The number of benzene rings is 3. The van der Waals surface area contributed by atoms with Crippen LogP contribution < -0.4 is 5.32 Å². The van der Waals surface area contributed by atoms with Crippen molar-refractivity contribution < 1.29 is 4.79 Å². The van der Waals surface area contributed by atoms with Gasteiger partial charge in [0.15, 0.2) is 0 Å². The van der Waals surface area contributed by atoms with E-state index in [1.165, 1.54) is 0 Å². The van der Waals surface area contributed by atoms with Gasteiger partial charge in [0.2, 0.25) is 0 Å². The van der Waals surface area contributed by atoms with Crippen LogP contribution in [0.1, 0.15) is 28.9 Å². The molecule has 3 aromatic carbocycles. The second-order valence-electron chi connectivity index (χ2n) is 6.68. The summed E-state index contributed by atoms with van der Waals surface area (Å²) in [6, 6.07) is 26.8. The number of carbonyl (C=O) groups is 1. The average Bonchev–Trinajstić information content (AvgIpc) is 2.74. The standard InChI is InChI=1S/C24H19ClN2O/c1-16(17-7-3-2-4-8-17)26-24(28)21-15-23(18-11-13-19(25)14-12-18)27-22-10-6-5-9-20(21)22/h2-16H,1H3,(H,26,28). The lowest BCUT2D eigenvalue weighted by Gasteiger charge is -2.16. The summed E-state index contributed by atoms with van der Waals surface area (Å²) < 4.78 is 0. The minimum atomic E-state index is -0.120. The van der Waals surface area contributed by atoms with Crippen LogP contribution in [0, 0.1) is 0 Å². The van der Waals surface area contributed by atoms with E-state index in [1.807, 2.05) is 91.9 Å². The van der Waals surface area contributed by atoms with E-state index in [0.29, 0.717) is 10.6 Å². The van der Waals surface area contributed by atoms with Crippen molar-refractivity contribution in [1.82, 2.24) is 10.3 Å². The van der Waals surface area contributed by atoms with Gasteiger partial charge in [-0.1, -0.05) is 72.3 Å². The van der Waals surface area contributed by atoms with Crippen molar-refractivity contribution in [3.63, 3.8) is 0 Å². The third-order valence-corrected chi connectivity index (χ3v) is 5.00. The van der Waals surface area contributed by atoms with Gasteiger partial charge in [0.25, 0.3) is 5.91 Å². The van der Waals surface area contributed by atoms with E-state index in [0.717, 1.165) is 27.7 Å². The third kappa shape index (κ3) is 3.75. The molecular formula is C24H19ClN2O. The number of carbonyl (C=O) groups excluding carboxylic acids is 1. The molecule has 4 aromatic rings. The Kier molecular flexibility index (Phi) is 5.09. The zero-order chi connectivity index (χ0) is 19.5. The van der Waals surface area contributed by atoms with Gasteiger partial charge in [-0.05, 0) is 36.8 Å². The molecule has 3 nitrogen and oxygen atoms in total. The van der Waals surface area contributed by atoms with Crippen LogP contribution in [0.25, 0.3) is 22.2 Å². The average molecular weight is 387 g/mol. The summed E-state index contributed by atoms with van der Waals surface area (Å²) in [6.07, 6.45) is 0. The summed E-state index contributed by atoms with van der Waals surface area (Å²) in [5.74, 6) is -0.120. The number of hydrogen-bond donors (Lipinski definition) is 1. The molecule has 1 aromatic heterocycles. The molecule has 28 heavy (non-hydrogen) atoms. The lowest BCUT2D eigenvalue weighted by molar-refractivity contribution is 0.0941. The second-order valence-corrected chi connectivity index (χ2v) is 7.12. The van der Waals surface area contributed by atoms with Gasteiger partial charge >= 0.3 is 0 Å². The highest BCUT2D eigenvalue weighted by Gasteiger charge is 2.16. The summed E-state index contributed by atoms with van der Waals surface area (Å²) in [4.78, 5) is 17.9. The summed E-state index contributed by atoms with van der Waals surface area (Å²) >= 11 is 6.01. The van der Waals surface area contributed by atoms with Crippen LogP contribution in [0.3, 0.4) is 0 Å². The lowest BCUT2D eigenvalue weighted by Crippen LogP contribution is -2.27. The van der Waals surface area contributed by atoms with Crippen molar-refractivity contribution in [1.29, 1.82) is 0 Å². The normalized spacial score (nSPS) is 11.9. The summed E-state index contributed by atoms with van der Waals surface area (Å²) in [5.41, 5.74) is 4.12. The van der Waals surface area contributed by atoms with Crippen LogP contribution in [0.5, 0.6) is 0 Å². The van der Waals surface area contributed by atoms with Crippen molar-refractivity contribution in [2.24, 2.45) is 0 Å². The topological polar surface area (TPSA) is 42.0 Å². The van der Waals surface area contributed by atoms with Gasteiger partial charge in [-0.15, -0.1) is 0 Å². The maximum Gasteiger partial charge on any atom is 0.252 e. The van der Waals surface area contributed by atoms with E-state index in [1.54, 1.807) is 0 Å². The molecule has 0 spiro atoms. The van der Waals surface area contributed by atoms with Crippen molar-refractivity contribution in [3.05, 3.63) is 101 Å². The fourth-order valence-electron chi connectivity index (χ4n) is 3.23. The number of pyridine rings is 1. The number of fused-ring (bicyclic) bond motifs is 1. The quantitative estimate of drug-likeness (QED) is 0.464. The van der Waals surface area contributed by atoms with Crippen molar-refractivity contribution in [3.8, 4) is 11.3 Å². The van der Waals surface area contributed by atoms with Crippen molar-refractivity contribution >= 4 is 28.4 Å². The first-order valence-corrected chi connectivity index (χ1v) is 9.51. The smallest absolute Gasteiger partial charge is 0.252 e.